The third kappa shape index (κ3) is 3.11. The van der Waals surface area contributed by atoms with Crippen molar-refractivity contribution in [2.24, 2.45) is 0 Å². The molecule has 1 aliphatic heterocycles. The molecule has 3 rings (SSSR count). The van der Waals surface area contributed by atoms with Crippen molar-refractivity contribution in [3.05, 3.63) is 35.6 Å². The second-order valence-corrected chi connectivity index (χ2v) is 5.93. The van der Waals surface area contributed by atoms with Crippen LogP contribution in [0.15, 0.2) is 24.3 Å². The first kappa shape index (κ1) is 15.0. The number of imide groups is 1. The van der Waals surface area contributed by atoms with Gasteiger partial charge < -0.3 is 5.32 Å². The highest BCUT2D eigenvalue weighted by Gasteiger charge is 2.38. The molecule has 6 heteroatoms. The summed E-state index contributed by atoms with van der Waals surface area (Å²) < 4.78 is 13.0. The fourth-order valence-corrected chi connectivity index (χ4v) is 2.84. The molecular weight excluding hydrogens is 285 g/mol. The van der Waals surface area contributed by atoms with Crippen LogP contribution in [0, 0.1) is 5.82 Å². The summed E-state index contributed by atoms with van der Waals surface area (Å²) in [4.78, 5) is 27.6. The van der Waals surface area contributed by atoms with Crippen molar-refractivity contribution in [2.75, 3.05) is 13.1 Å². The highest BCUT2D eigenvalue weighted by Crippen LogP contribution is 2.30. The minimum absolute atomic E-state index is 0.163. The highest BCUT2D eigenvalue weighted by molar-refractivity contribution is 5.98. The van der Waals surface area contributed by atoms with Gasteiger partial charge in [0.05, 0.1) is 6.04 Å². The van der Waals surface area contributed by atoms with Crippen LogP contribution in [0.25, 0.3) is 0 Å². The third-order valence-corrected chi connectivity index (χ3v) is 4.27. The molecule has 1 atom stereocenters. The molecule has 22 heavy (non-hydrogen) atoms. The molecule has 1 saturated carbocycles. The number of hydrogen-bond donors (Lipinski definition) is 1. The molecule has 118 valence electrons. The lowest BCUT2D eigenvalue weighted by molar-refractivity contribution is -0.133. The van der Waals surface area contributed by atoms with Crippen LogP contribution in [0.2, 0.25) is 0 Å². The maximum Gasteiger partial charge on any atom is 0.324 e. The number of nitrogens with zero attached hydrogens (tertiary/aromatic N) is 2. The van der Waals surface area contributed by atoms with E-state index in [1.54, 1.807) is 12.1 Å². The molecule has 0 spiro atoms. The van der Waals surface area contributed by atoms with Gasteiger partial charge >= 0.3 is 6.03 Å². The van der Waals surface area contributed by atoms with E-state index in [-0.39, 0.29) is 23.8 Å². The second-order valence-electron chi connectivity index (χ2n) is 5.93. The van der Waals surface area contributed by atoms with Crippen molar-refractivity contribution in [2.45, 2.75) is 38.4 Å². The number of rotatable bonds is 5. The molecule has 1 aromatic rings. The van der Waals surface area contributed by atoms with Crippen molar-refractivity contribution in [3.63, 3.8) is 0 Å². The Balaban J connectivity index is 1.71. The van der Waals surface area contributed by atoms with Crippen LogP contribution in [-0.2, 0) is 11.3 Å². The lowest BCUT2D eigenvalue weighted by atomic mass is 10.1. The van der Waals surface area contributed by atoms with Gasteiger partial charge in [-0.05, 0) is 37.5 Å². The van der Waals surface area contributed by atoms with Gasteiger partial charge in [-0.2, -0.15) is 0 Å². The van der Waals surface area contributed by atoms with E-state index in [0.717, 1.165) is 18.4 Å². The zero-order chi connectivity index (χ0) is 15.7. The largest absolute Gasteiger partial charge is 0.336 e. The molecule has 1 heterocycles. The number of nitrogens with one attached hydrogen (secondary N) is 1. The fraction of sp³-hybridized carbons (Fsp3) is 0.500. The van der Waals surface area contributed by atoms with E-state index in [1.807, 2.05) is 6.92 Å². The van der Waals surface area contributed by atoms with Crippen molar-refractivity contribution < 1.29 is 14.0 Å². The average Bonchev–Trinajstić information content (AvgIpc) is 3.26. The Kier molecular flexibility index (Phi) is 4.11. The fourth-order valence-electron chi connectivity index (χ4n) is 2.84. The SMILES string of the molecule is C[C@@H](C(=O)N1CCNC1=O)N(Cc1ccc(F)cc1)C1CC1. The van der Waals surface area contributed by atoms with Crippen LogP contribution >= 0.6 is 0 Å². The molecule has 2 aliphatic rings. The quantitative estimate of drug-likeness (QED) is 0.901. The molecule has 2 fully saturated rings. The molecule has 1 saturated heterocycles. The average molecular weight is 305 g/mol. The Bertz CT molecular complexity index is 571. The minimum Gasteiger partial charge on any atom is -0.336 e. The van der Waals surface area contributed by atoms with Gasteiger partial charge in [0, 0.05) is 25.7 Å². The van der Waals surface area contributed by atoms with Gasteiger partial charge in [-0.25, -0.2) is 9.18 Å². The number of hydrogen-bond acceptors (Lipinski definition) is 3. The van der Waals surface area contributed by atoms with Crippen LogP contribution in [0.5, 0.6) is 0 Å². The maximum atomic E-state index is 13.0. The predicted molar refractivity (Wildman–Crippen MR) is 79.5 cm³/mol. The minimum atomic E-state index is -0.360. The van der Waals surface area contributed by atoms with Gasteiger partial charge in [0.25, 0.3) is 0 Å². The van der Waals surface area contributed by atoms with Crippen LogP contribution < -0.4 is 5.32 Å². The predicted octanol–water partition coefficient (Wildman–Crippen LogP) is 1.73. The first-order valence-electron chi connectivity index (χ1n) is 7.65. The van der Waals surface area contributed by atoms with Crippen LogP contribution in [0.3, 0.4) is 0 Å². The third-order valence-electron chi connectivity index (χ3n) is 4.27. The molecule has 0 unspecified atom stereocenters. The molecule has 1 N–H and O–H groups in total. The lowest BCUT2D eigenvalue weighted by Crippen LogP contribution is -2.48. The second kappa shape index (κ2) is 6.04. The van der Waals surface area contributed by atoms with Crippen molar-refractivity contribution in [1.29, 1.82) is 0 Å². The number of benzene rings is 1. The molecule has 1 aromatic carbocycles. The normalized spacial score (nSPS) is 19.4. The van der Waals surface area contributed by atoms with Gasteiger partial charge in [-0.1, -0.05) is 12.1 Å². The van der Waals surface area contributed by atoms with E-state index in [4.69, 9.17) is 0 Å². The van der Waals surface area contributed by atoms with Crippen molar-refractivity contribution >= 4 is 11.9 Å². The number of amides is 3. The smallest absolute Gasteiger partial charge is 0.324 e. The van der Waals surface area contributed by atoms with Gasteiger partial charge in [-0.3, -0.25) is 14.6 Å². The van der Waals surface area contributed by atoms with Crippen LogP contribution in [0.1, 0.15) is 25.3 Å². The van der Waals surface area contributed by atoms with Gasteiger partial charge in [0.1, 0.15) is 5.82 Å². The van der Waals surface area contributed by atoms with Crippen LogP contribution in [-0.4, -0.2) is 46.9 Å². The molecule has 0 radical (unpaired) electrons. The molecule has 3 amide bonds. The number of carbonyl (C=O) groups excluding carboxylic acids is 2. The van der Waals surface area contributed by atoms with Crippen molar-refractivity contribution in [3.8, 4) is 0 Å². The van der Waals surface area contributed by atoms with Crippen LogP contribution in [0.4, 0.5) is 9.18 Å². The topological polar surface area (TPSA) is 52.7 Å². The Morgan fingerprint density at radius 2 is 2.09 bits per heavy atom. The molecule has 0 aromatic heterocycles. The van der Waals surface area contributed by atoms with E-state index in [0.29, 0.717) is 25.7 Å². The summed E-state index contributed by atoms with van der Waals surface area (Å²) in [5.74, 6) is -0.427. The Hall–Kier alpha value is -1.95. The number of carbonyl (C=O) groups is 2. The molecule has 1 aliphatic carbocycles. The van der Waals surface area contributed by atoms with E-state index in [2.05, 4.69) is 10.2 Å². The zero-order valence-electron chi connectivity index (χ0n) is 12.6. The van der Waals surface area contributed by atoms with E-state index in [9.17, 15) is 14.0 Å². The molecule has 5 nitrogen and oxygen atoms in total. The standard InChI is InChI=1S/C16H20FN3O2/c1-11(15(21)19-9-8-18-16(19)22)20(14-6-7-14)10-12-2-4-13(17)5-3-12/h2-5,11,14H,6-10H2,1H3,(H,18,22)/t11-/m0/s1. The molecule has 0 bridgehead atoms. The summed E-state index contributed by atoms with van der Waals surface area (Å²) in [5, 5.41) is 2.65. The van der Waals surface area contributed by atoms with E-state index >= 15 is 0 Å². The highest BCUT2D eigenvalue weighted by atomic mass is 19.1. The Morgan fingerprint density at radius 1 is 1.41 bits per heavy atom. The summed E-state index contributed by atoms with van der Waals surface area (Å²) in [7, 11) is 0. The maximum absolute atomic E-state index is 13.0. The lowest BCUT2D eigenvalue weighted by Gasteiger charge is -2.30. The molecular formula is C16H20FN3O2. The summed E-state index contributed by atoms with van der Waals surface area (Å²) >= 11 is 0. The van der Waals surface area contributed by atoms with E-state index in [1.165, 1.54) is 17.0 Å². The monoisotopic (exact) mass is 305 g/mol. The first-order chi connectivity index (χ1) is 10.6. The summed E-state index contributed by atoms with van der Waals surface area (Å²) in [6.45, 7) is 3.37. The van der Waals surface area contributed by atoms with Gasteiger partial charge in [-0.15, -0.1) is 0 Å². The van der Waals surface area contributed by atoms with Crippen molar-refractivity contribution in [1.82, 2.24) is 15.1 Å². The van der Waals surface area contributed by atoms with E-state index < -0.39 is 0 Å². The Labute approximate surface area is 129 Å². The summed E-state index contributed by atoms with van der Waals surface area (Å²) in [5.41, 5.74) is 0.971. The Morgan fingerprint density at radius 3 is 2.64 bits per heavy atom. The first-order valence-corrected chi connectivity index (χ1v) is 7.65. The number of urea groups is 1. The summed E-state index contributed by atoms with van der Waals surface area (Å²) in [6.07, 6.45) is 2.12. The number of halogens is 1. The summed E-state index contributed by atoms with van der Waals surface area (Å²) in [6, 6.07) is 6.04. The zero-order valence-corrected chi connectivity index (χ0v) is 12.6. The van der Waals surface area contributed by atoms with Gasteiger partial charge in [0.15, 0.2) is 0 Å². The van der Waals surface area contributed by atoms with Gasteiger partial charge in [0.2, 0.25) is 5.91 Å².